The SMILES string of the molecule is CC[C@H]1c2cc(Cl)ccc2C(=O)N1c1cncc2c1CC[C@@H]2NS(C)(=O)=O. The monoisotopic (exact) mass is 405 g/mol. The van der Waals surface area contributed by atoms with Crippen molar-refractivity contribution in [2.24, 2.45) is 0 Å². The second-order valence-electron chi connectivity index (χ2n) is 7.04. The van der Waals surface area contributed by atoms with Crippen LogP contribution in [0.4, 0.5) is 5.69 Å². The fourth-order valence-electron chi connectivity index (χ4n) is 4.19. The zero-order chi connectivity index (χ0) is 19.3. The normalized spacial score (nSPS) is 21.4. The molecular weight excluding hydrogens is 386 g/mol. The summed E-state index contributed by atoms with van der Waals surface area (Å²) in [5.74, 6) is -0.0664. The van der Waals surface area contributed by atoms with E-state index in [1.165, 1.54) is 0 Å². The molecule has 4 rings (SSSR count). The van der Waals surface area contributed by atoms with Crippen LogP contribution in [0, 0.1) is 0 Å². The topological polar surface area (TPSA) is 79.4 Å². The Balaban J connectivity index is 1.78. The van der Waals surface area contributed by atoms with Gasteiger partial charge >= 0.3 is 0 Å². The Labute approximate surface area is 163 Å². The van der Waals surface area contributed by atoms with Crippen LogP contribution in [0.3, 0.4) is 0 Å². The van der Waals surface area contributed by atoms with Crippen molar-refractivity contribution in [3.05, 3.63) is 57.9 Å². The van der Waals surface area contributed by atoms with Crippen LogP contribution in [0.1, 0.15) is 58.9 Å². The summed E-state index contributed by atoms with van der Waals surface area (Å²) >= 11 is 6.15. The zero-order valence-electron chi connectivity index (χ0n) is 15.1. The minimum absolute atomic E-state index is 0.0664. The minimum Gasteiger partial charge on any atom is -0.299 e. The van der Waals surface area contributed by atoms with Gasteiger partial charge in [-0.05, 0) is 54.2 Å². The fraction of sp³-hybridized carbons (Fsp3) is 0.368. The second-order valence-corrected chi connectivity index (χ2v) is 9.25. The first-order chi connectivity index (χ1) is 12.8. The molecule has 1 aromatic carbocycles. The third kappa shape index (κ3) is 3.13. The largest absolute Gasteiger partial charge is 0.299 e. The van der Waals surface area contributed by atoms with E-state index in [1.807, 2.05) is 13.0 Å². The summed E-state index contributed by atoms with van der Waals surface area (Å²) in [6.45, 7) is 2.03. The molecule has 8 heteroatoms. The molecule has 1 aromatic heterocycles. The van der Waals surface area contributed by atoms with Gasteiger partial charge in [0.05, 0.1) is 24.2 Å². The number of carbonyl (C=O) groups is 1. The summed E-state index contributed by atoms with van der Waals surface area (Å²) in [4.78, 5) is 19.2. The third-order valence-corrected chi connectivity index (χ3v) is 6.21. The number of amides is 1. The van der Waals surface area contributed by atoms with Crippen LogP contribution >= 0.6 is 11.6 Å². The molecular formula is C19H20ClN3O3S. The maximum Gasteiger partial charge on any atom is 0.259 e. The highest BCUT2D eigenvalue weighted by atomic mass is 35.5. The maximum absolute atomic E-state index is 13.1. The zero-order valence-corrected chi connectivity index (χ0v) is 16.6. The molecule has 0 spiro atoms. The summed E-state index contributed by atoms with van der Waals surface area (Å²) in [5, 5.41) is 0.607. The number of aromatic nitrogens is 1. The average Bonchev–Trinajstić information content (AvgIpc) is 3.12. The Morgan fingerprint density at radius 3 is 2.78 bits per heavy atom. The van der Waals surface area contributed by atoms with Crippen molar-refractivity contribution in [1.82, 2.24) is 9.71 Å². The van der Waals surface area contributed by atoms with Crippen molar-refractivity contribution in [3.8, 4) is 0 Å². The second kappa shape index (κ2) is 6.58. The van der Waals surface area contributed by atoms with Crippen LogP contribution in [-0.4, -0.2) is 25.6 Å². The van der Waals surface area contributed by atoms with Gasteiger partial charge in [0.25, 0.3) is 5.91 Å². The van der Waals surface area contributed by atoms with E-state index in [0.29, 0.717) is 23.4 Å². The van der Waals surface area contributed by atoms with Crippen molar-refractivity contribution in [1.29, 1.82) is 0 Å². The van der Waals surface area contributed by atoms with Gasteiger partial charge in [0.2, 0.25) is 10.0 Å². The Hall–Kier alpha value is -1.96. The molecule has 0 radical (unpaired) electrons. The molecule has 2 atom stereocenters. The number of benzene rings is 1. The number of carbonyl (C=O) groups excluding carboxylic acids is 1. The van der Waals surface area contributed by atoms with Crippen molar-refractivity contribution >= 4 is 33.2 Å². The van der Waals surface area contributed by atoms with E-state index < -0.39 is 10.0 Å². The molecule has 1 N–H and O–H groups in total. The number of sulfonamides is 1. The van der Waals surface area contributed by atoms with Crippen molar-refractivity contribution in [2.45, 2.75) is 38.3 Å². The molecule has 0 bridgehead atoms. The lowest BCUT2D eigenvalue weighted by Gasteiger charge is -2.26. The predicted octanol–water partition coefficient (Wildman–Crippen LogP) is 3.38. The first-order valence-electron chi connectivity index (χ1n) is 8.87. The standard InChI is InChI=1S/C19H20ClN3O3S/c1-3-17-14-8-11(20)4-5-13(14)19(24)23(17)18-10-21-9-15-12(18)6-7-16(15)22-27(2,25)26/h4-5,8-10,16-17,22H,3,6-7H2,1-2H3/t16-,17-/m0/s1. The highest BCUT2D eigenvalue weighted by Gasteiger charge is 2.39. The lowest BCUT2D eigenvalue weighted by atomic mass is 10.0. The Morgan fingerprint density at radius 2 is 2.07 bits per heavy atom. The molecule has 0 unspecified atom stereocenters. The van der Waals surface area contributed by atoms with Crippen LogP contribution in [0.2, 0.25) is 5.02 Å². The number of fused-ring (bicyclic) bond motifs is 2. The summed E-state index contributed by atoms with van der Waals surface area (Å²) in [6, 6.07) is 4.94. The van der Waals surface area contributed by atoms with Crippen molar-refractivity contribution in [3.63, 3.8) is 0 Å². The Morgan fingerprint density at radius 1 is 1.30 bits per heavy atom. The van der Waals surface area contributed by atoms with Gasteiger partial charge in [-0.2, -0.15) is 0 Å². The molecule has 27 heavy (non-hydrogen) atoms. The molecule has 2 aliphatic rings. The van der Waals surface area contributed by atoms with Gasteiger partial charge in [-0.25, -0.2) is 13.1 Å². The minimum atomic E-state index is -3.33. The Kier molecular flexibility index (Phi) is 4.49. The number of rotatable bonds is 4. The molecule has 142 valence electrons. The van der Waals surface area contributed by atoms with Gasteiger partial charge in [0.15, 0.2) is 0 Å². The molecule has 0 fully saturated rings. The molecule has 0 saturated heterocycles. The van der Waals surface area contributed by atoms with E-state index in [2.05, 4.69) is 9.71 Å². The molecule has 0 saturated carbocycles. The van der Waals surface area contributed by atoms with E-state index in [-0.39, 0.29) is 18.0 Å². The lowest BCUT2D eigenvalue weighted by Crippen LogP contribution is -2.29. The van der Waals surface area contributed by atoms with Gasteiger partial charge in [-0.15, -0.1) is 0 Å². The average molecular weight is 406 g/mol. The van der Waals surface area contributed by atoms with Crippen LogP contribution in [-0.2, 0) is 16.4 Å². The van der Waals surface area contributed by atoms with Crippen molar-refractivity contribution in [2.75, 3.05) is 11.2 Å². The number of hydrogen-bond donors (Lipinski definition) is 1. The van der Waals surface area contributed by atoms with E-state index >= 15 is 0 Å². The Bertz CT molecular complexity index is 1040. The fourth-order valence-corrected chi connectivity index (χ4v) is 5.13. The summed E-state index contributed by atoms with van der Waals surface area (Å²) < 4.78 is 26.0. The molecule has 6 nitrogen and oxygen atoms in total. The van der Waals surface area contributed by atoms with Gasteiger partial charge in [0.1, 0.15) is 0 Å². The number of nitrogens with zero attached hydrogens (tertiary/aromatic N) is 2. The first kappa shape index (κ1) is 18.4. The van der Waals surface area contributed by atoms with Crippen LogP contribution < -0.4 is 9.62 Å². The highest BCUT2D eigenvalue weighted by molar-refractivity contribution is 7.88. The van der Waals surface area contributed by atoms with Crippen LogP contribution in [0.5, 0.6) is 0 Å². The van der Waals surface area contributed by atoms with Gasteiger partial charge < -0.3 is 0 Å². The van der Waals surface area contributed by atoms with Gasteiger partial charge in [-0.3, -0.25) is 14.7 Å². The quantitative estimate of drug-likeness (QED) is 0.845. The van der Waals surface area contributed by atoms with E-state index in [1.54, 1.807) is 29.4 Å². The summed E-state index contributed by atoms with van der Waals surface area (Å²) in [5.41, 5.74) is 4.17. The molecule has 2 aromatic rings. The predicted molar refractivity (Wildman–Crippen MR) is 105 cm³/mol. The molecule has 2 heterocycles. The van der Waals surface area contributed by atoms with E-state index in [9.17, 15) is 13.2 Å². The van der Waals surface area contributed by atoms with Gasteiger partial charge in [0, 0.05) is 22.8 Å². The van der Waals surface area contributed by atoms with Crippen molar-refractivity contribution < 1.29 is 13.2 Å². The number of nitrogens with one attached hydrogen (secondary N) is 1. The maximum atomic E-state index is 13.1. The molecule has 1 amide bonds. The highest BCUT2D eigenvalue weighted by Crippen LogP contribution is 2.44. The van der Waals surface area contributed by atoms with Crippen LogP contribution in [0.25, 0.3) is 0 Å². The number of halogens is 1. The smallest absolute Gasteiger partial charge is 0.259 e. The molecule has 1 aliphatic carbocycles. The van der Waals surface area contributed by atoms with Gasteiger partial charge in [-0.1, -0.05) is 18.5 Å². The summed E-state index contributed by atoms with van der Waals surface area (Å²) in [7, 11) is -3.33. The third-order valence-electron chi connectivity index (χ3n) is 5.26. The van der Waals surface area contributed by atoms with E-state index in [0.717, 1.165) is 35.1 Å². The first-order valence-corrected chi connectivity index (χ1v) is 11.1. The number of anilines is 1. The van der Waals surface area contributed by atoms with E-state index in [4.69, 9.17) is 11.6 Å². The van der Waals surface area contributed by atoms with Crippen LogP contribution in [0.15, 0.2) is 30.6 Å². The number of hydrogen-bond acceptors (Lipinski definition) is 4. The lowest BCUT2D eigenvalue weighted by molar-refractivity contribution is 0.0990. The molecule has 1 aliphatic heterocycles. The number of pyridine rings is 1. The summed E-state index contributed by atoms with van der Waals surface area (Å²) in [6.07, 6.45) is 6.64.